The van der Waals surface area contributed by atoms with E-state index in [2.05, 4.69) is 0 Å². The second kappa shape index (κ2) is 9.58. The van der Waals surface area contributed by atoms with Crippen molar-refractivity contribution in [2.45, 2.75) is 11.3 Å². The molecule has 0 aliphatic carbocycles. The number of methoxy groups -OCH3 is 1. The van der Waals surface area contributed by atoms with Crippen LogP contribution in [0, 0.1) is 0 Å². The highest BCUT2D eigenvalue weighted by Crippen LogP contribution is 2.26. The first kappa shape index (κ1) is 22.1. The molecule has 1 aliphatic heterocycles. The van der Waals surface area contributed by atoms with Crippen LogP contribution < -0.4 is 9.47 Å². The molecule has 3 aromatic rings. The number of benzene rings is 3. The van der Waals surface area contributed by atoms with Crippen molar-refractivity contribution >= 4 is 26.7 Å². The van der Waals surface area contributed by atoms with Crippen molar-refractivity contribution in [3.63, 3.8) is 0 Å². The Bertz CT molecular complexity index is 1200. The minimum atomic E-state index is -3.61. The van der Waals surface area contributed by atoms with E-state index in [4.69, 9.17) is 9.47 Å². The number of sulfonamides is 1. The molecule has 0 unspecified atom stereocenters. The number of nitrogens with zero attached hydrogens (tertiary/aromatic N) is 2. The zero-order valence-corrected chi connectivity index (χ0v) is 18.8. The fourth-order valence-electron chi connectivity index (χ4n) is 3.80. The molecule has 3 aromatic carbocycles. The van der Waals surface area contributed by atoms with Gasteiger partial charge < -0.3 is 14.4 Å². The van der Waals surface area contributed by atoms with E-state index < -0.39 is 10.0 Å². The number of hydrogen-bond donors (Lipinski definition) is 0. The monoisotopic (exact) mass is 454 g/mol. The normalized spacial score (nSPS) is 15.0. The Hall–Kier alpha value is -3.10. The van der Waals surface area contributed by atoms with Crippen LogP contribution in [0.3, 0.4) is 0 Å². The largest absolute Gasteiger partial charge is 0.493 e. The van der Waals surface area contributed by atoms with E-state index in [9.17, 15) is 13.2 Å². The Kier molecular flexibility index (Phi) is 6.62. The molecule has 0 N–H and O–H groups in total. The van der Waals surface area contributed by atoms with Gasteiger partial charge in [0.05, 0.1) is 25.0 Å². The molecule has 1 saturated heterocycles. The van der Waals surface area contributed by atoms with Gasteiger partial charge in [-0.1, -0.05) is 42.5 Å². The minimum Gasteiger partial charge on any atom is -0.493 e. The average Bonchev–Trinajstić information content (AvgIpc) is 2.84. The first-order valence-corrected chi connectivity index (χ1v) is 12.0. The molecule has 0 aromatic heterocycles. The average molecular weight is 455 g/mol. The SMILES string of the molecule is COc1ccccc1OCCC(=O)N1CCN(S(=O)(=O)c2ccc3ccccc3c2)CC1. The zero-order chi connectivity index (χ0) is 22.6. The highest BCUT2D eigenvalue weighted by Gasteiger charge is 2.30. The summed E-state index contributed by atoms with van der Waals surface area (Å²) in [6.45, 7) is 1.50. The fourth-order valence-corrected chi connectivity index (χ4v) is 5.26. The van der Waals surface area contributed by atoms with Gasteiger partial charge in [-0.25, -0.2) is 8.42 Å². The Labute approximate surface area is 188 Å². The summed E-state index contributed by atoms with van der Waals surface area (Å²) in [6, 6.07) is 20.1. The predicted molar refractivity (Wildman–Crippen MR) is 122 cm³/mol. The molecule has 0 atom stereocenters. The third kappa shape index (κ3) is 4.71. The molecule has 1 aliphatic rings. The Morgan fingerprint density at radius 1 is 0.875 bits per heavy atom. The van der Waals surface area contributed by atoms with Crippen molar-refractivity contribution in [1.82, 2.24) is 9.21 Å². The molecular formula is C24H26N2O5S. The Balaban J connectivity index is 1.32. The number of carbonyl (C=O) groups excluding carboxylic acids is 1. The quantitative estimate of drug-likeness (QED) is 0.548. The molecule has 1 heterocycles. The van der Waals surface area contributed by atoms with Gasteiger partial charge in [0.15, 0.2) is 11.5 Å². The molecule has 1 fully saturated rings. The van der Waals surface area contributed by atoms with Crippen molar-refractivity contribution in [1.29, 1.82) is 0 Å². The van der Waals surface area contributed by atoms with E-state index in [1.165, 1.54) is 4.31 Å². The smallest absolute Gasteiger partial charge is 0.243 e. The van der Waals surface area contributed by atoms with E-state index >= 15 is 0 Å². The van der Waals surface area contributed by atoms with E-state index in [1.54, 1.807) is 36.3 Å². The summed E-state index contributed by atoms with van der Waals surface area (Å²) in [5.41, 5.74) is 0. The maximum absolute atomic E-state index is 13.1. The lowest BCUT2D eigenvalue weighted by Crippen LogP contribution is -2.50. The molecule has 7 nitrogen and oxygen atoms in total. The molecule has 0 radical (unpaired) electrons. The van der Waals surface area contributed by atoms with Gasteiger partial charge in [-0.05, 0) is 35.0 Å². The number of para-hydroxylation sites is 2. The van der Waals surface area contributed by atoms with Crippen molar-refractivity contribution in [2.24, 2.45) is 0 Å². The van der Waals surface area contributed by atoms with Crippen LogP contribution in [0.1, 0.15) is 6.42 Å². The standard InChI is InChI=1S/C24H26N2O5S/c1-30-22-8-4-5-9-23(22)31-17-12-24(27)25-13-15-26(16-14-25)32(28,29)21-11-10-19-6-2-3-7-20(19)18-21/h2-11,18H,12-17H2,1H3. The second-order valence-electron chi connectivity index (χ2n) is 7.54. The first-order chi connectivity index (χ1) is 15.5. The highest BCUT2D eigenvalue weighted by atomic mass is 32.2. The van der Waals surface area contributed by atoms with Gasteiger partial charge in [0.2, 0.25) is 15.9 Å². The molecule has 1 amide bonds. The maximum Gasteiger partial charge on any atom is 0.243 e. The number of carbonyl (C=O) groups is 1. The van der Waals surface area contributed by atoms with E-state index in [0.29, 0.717) is 24.6 Å². The number of amides is 1. The molecular weight excluding hydrogens is 428 g/mol. The highest BCUT2D eigenvalue weighted by molar-refractivity contribution is 7.89. The van der Waals surface area contributed by atoms with Crippen LogP contribution in [0.4, 0.5) is 0 Å². The molecule has 4 rings (SSSR count). The van der Waals surface area contributed by atoms with E-state index in [0.717, 1.165) is 10.8 Å². The third-order valence-electron chi connectivity index (χ3n) is 5.59. The summed E-state index contributed by atoms with van der Waals surface area (Å²) < 4.78 is 38.5. The van der Waals surface area contributed by atoms with Gasteiger partial charge in [-0.2, -0.15) is 4.31 Å². The van der Waals surface area contributed by atoms with Gasteiger partial charge in [0.25, 0.3) is 0 Å². The van der Waals surface area contributed by atoms with Crippen molar-refractivity contribution < 1.29 is 22.7 Å². The summed E-state index contributed by atoms with van der Waals surface area (Å²) in [6.07, 6.45) is 0.218. The summed E-state index contributed by atoms with van der Waals surface area (Å²) in [5.74, 6) is 1.16. The van der Waals surface area contributed by atoms with Crippen LogP contribution in [0.5, 0.6) is 11.5 Å². The number of ether oxygens (including phenoxy) is 2. The maximum atomic E-state index is 13.1. The summed E-state index contributed by atoms with van der Waals surface area (Å²) in [5, 5.41) is 1.88. The number of fused-ring (bicyclic) bond motifs is 1. The van der Waals surface area contributed by atoms with Crippen molar-refractivity contribution in [3.05, 3.63) is 66.7 Å². The van der Waals surface area contributed by atoms with Crippen LogP contribution in [-0.2, 0) is 14.8 Å². The van der Waals surface area contributed by atoms with Crippen LogP contribution in [-0.4, -0.2) is 63.4 Å². The molecule has 168 valence electrons. The van der Waals surface area contributed by atoms with Gasteiger partial charge in [-0.15, -0.1) is 0 Å². The van der Waals surface area contributed by atoms with Crippen LogP contribution >= 0.6 is 0 Å². The third-order valence-corrected chi connectivity index (χ3v) is 7.49. The zero-order valence-electron chi connectivity index (χ0n) is 17.9. The Morgan fingerprint density at radius 2 is 1.53 bits per heavy atom. The van der Waals surface area contributed by atoms with E-state index in [-0.39, 0.29) is 36.9 Å². The molecule has 0 saturated carbocycles. The van der Waals surface area contributed by atoms with Gasteiger partial charge >= 0.3 is 0 Å². The topological polar surface area (TPSA) is 76.2 Å². The fraction of sp³-hybridized carbons (Fsp3) is 0.292. The Morgan fingerprint density at radius 3 is 2.25 bits per heavy atom. The minimum absolute atomic E-state index is 0.0531. The summed E-state index contributed by atoms with van der Waals surface area (Å²) in [4.78, 5) is 14.5. The predicted octanol–water partition coefficient (Wildman–Crippen LogP) is 3.15. The van der Waals surface area contributed by atoms with Crippen LogP contribution in [0.15, 0.2) is 71.6 Å². The number of piperazine rings is 1. The molecule has 0 bridgehead atoms. The van der Waals surface area contributed by atoms with Gasteiger partial charge in [0.1, 0.15) is 0 Å². The lowest BCUT2D eigenvalue weighted by molar-refractivity contribution is -0.132. The molecule has 32 heavy (non-hydrogen) atoms. The van der Waals surface area contributed by atoms with E-state index in [1.807, 2.05) is 42.5 Å². The molecule has 0 spiro atoms. The number of hydrogen-bond acceptors (Lipinski definition) is 5. The summed E-state index contributed by atoms with van der Waals surface area (Å²) in [7, 11) is -2.04. The van der Waals surface area contributed by atoms with Gasteiger partial charge in [0, 0.05) is 26.2 Å². The van der Waals surface area contributed by atoms with Gasteiger partial charge in [-0.3, -0.25) is 4.79 Å². The first-order valence-electron chi connectivity index (χ1n) is 10.5. The summed E-state index contributed by atoms with van der Waals surface area (Å²) >= 11 is 0. The van der Waals surface area contributed by atoms with Crippen LogP contribution in [0.2, 0.25) is 0 Å². The lowest BCUT2D eigenvalue weighted by atomic mass is 10.1. The lowest BCUT2D eigenvalue weighted by Gasteiger charge is -2.34. The van der Waals surface area contributed by atoms with Crippen LogP contribution in [0.25, 0.3) is 10.8 Å². The van der Waals surface area contributed by atoms with Crippen molar-refractivity contribution in [2.75, 3.05) is 39.9 Å². The second-order valence-corrected chi connectivity index (χ2v) is 9.48. The number of rotatable bonds is 7. The molecule has 8 heteroatoms. The van der Waals surface area contributed by atoms with Crippen molar-refractivity contribution in [3.8, 4) is 11.5 Å².